The van der Waals surface area contributed by atoms with Crippen LogP contribution in [0.1, 0.15) is 0 Å². The van der Waals surface area contributed by atoms with Crippen LogP contribution in [0.3, 0.4) is 0 Å². The van der Waals surface area contributed by atoms with Gasteiger partial charge < -0.3 is 0 Å². The predicted octanol–water partition coefficient (Wildman–Crippen LogP) is 0.991. The molecule has 0 heterocycles. The van der Waals surface area contributed by atoms with E-state index in [2.05, 4.69) is 24.1 Å². The van der Waals surface area contributed by atoms with Gasteiger partial charge in [-0.15, -0.1) is 6.58 Å². The lowest BCUT2D eigenvalue weighted by atomic mass is 10.6. The Morgan fingerprint density at radius 2 is 2.43 bits per heavy atom. The molecule has 0 radical (unpaired) electrons. The Labute approximate surface area is 50.4 Å². The summed E-state index contributed by atoms with van der Waals surface area (Å²) in [4.78, 5) is 2.05. The lowest BCUT2D eigenvalue weighted by molar-refractivity contribution is 0.440. The Balaban J connectivity index is 2.98. The Kier molecular flexibility index (Phi) is 4.25. The molecule has 0 aliphatic heterocycles. The van der Waals surface area contributed by atoms with Gasteiger partial charge in [-0.25, -0.2) is 0 Å². The smallest absolute Gasteiger partial charge is 0.0414 e. The van der Waals surface area contributed by atoms with Gasteiger partial charge in [-0.1, -0.05) is 6.08 Å². The van der Waals surface area contributed by atoms with Crippen LogP contribution in [-0.2, 0) is 0 Å². The summed E-state index contributed by atoms with van der Waals surface area (Å²) in [5.41, 5.74) is 0. The van der Waals surface area contributed by atoms with E-state index in [1.807, 2.05) is 13.1 Å². The van der Waals surface area contributed by atoms with Crippen LogP contribution in [0.25, 0.3) is 0 Å². The van der Waals surface area contributed by atoms with Crippen LogP contribution in [-0.4, -0.2) is 24.4 Å². The normalized spacial score (nSPS) is 9.57. The van der Waals surface area contributed by atoms with Crippen molar-refractivity contribution in [2.45, 2.75) is 0 Å². The minimum absolute atomic E-state index is 0.798. The van der Waals surface area contributed by atoms with E-state index >= 15 is 0 Å². The topological polar surface area (TPSA) is 3.24 Å². The van der Waals surface area contributed by atoms with Crippen LogP contribution in [0.15, 0.2) is 12.7 Å². The SMILES string of the molecule is C=CCN(C)CS. The number of thiol groups is 1. The van der Waals surface area contributed by atoms with Gasteiger partial charge in [0.25, 0.3) is 0 Å². The monoisotopic (exact) mass is 117 g/mol. The number of hydrogen-bond donors (Lipinski definition) is 1. The summed E-state index contributed by atoms with van der Waals surface area (Å²) in [7, 11) is 1.99. The van der Waals surface area contributed by atoms with Crippen molar-refractivity contribution >= 4 is 12.6 Å². The van der Waals surface area contributed by atoms with E-state index < -0.39 is 0 Å². The molecular formula is C5H11NS. The maximum atomic E-state index is 4.03. The van der Waals surface area contributed by atoms with Crippen LogP contribution in [0.2, 0.25) is 0 Å². The fourth-order valence-corrected chi connectivity index (χ4v) is 0.394. The zero-order chi connectivity index (χ0) is 5.70. The first-order valence-electron chi connectivity index (χ1n) is 2.21. The first-order valence-corrected chi connectivity index (χ1v) is 2.84. The molecule has 0 amide bonds. The Morgan fingerprint density at radius 3 is 2.57 bits per heavy atom. The summed E-state index contributed by atoms with van der Waals surface area (Å²) in [6.45, 7) is 4.49. The van der Waals surface area contributed by atoms with Gasteiger partial charge in [0.1, 0.15) is 0 Å². The van der Waals surface area contributed by atoms with E-state index in [9.17, 15) is 0 Å². The molecule has 0 saturated heterocycles. The van der Waals surface area contributed by atoms with Crippen molar-refractivity contribution in [1.82, 2.24) is 4.90 Å². The van der Waals surface area contributed by atoms with Gasteiger partial charge in [0.2, 0.25) is 0 Å². The number of rotatable bonds is 3. The van der Waals surface area contributed by atoms with Crippen molar-refractivity contribution in [2.24, 2.45) is 0 Å². The Hall–Kier alpha value is 0.0500. The van der Waals surface area contributed by atoms with Crippen LogP contribution in [0.5, 0.6) is 0 Å². The molecule has 0 aliphatic rings. The molecule has 0 aromatic heterocycles. The maximum Gasteiger partial charge on any atom is 0.0414 e. The van der Waals surface area contributed by atoms with Crippen LogP contribution < -0.4 is 0 Å². The summed E-state index contributed by atoms with van der Waals surface area (Å²) in [5, 5.41) is 0. The average Bonchev–Trinajstić information content (AvgIpc) is 1.68. The quantitative estimate of drug-likeness (QED) is 0.328. The van der Waals surface area contributed by atoms with Gasteiger partial charge in [-0.3, -0.25) is 4.90 Å². The molecular weight excluding hydrogens is 106 g/mol. The molecule has 0 bridgehead atoms. The summed E-state index contributed by atoms with van der Waals surface area (Å²) in [5.74, 6) is 0.798. The Bertz CT molecular complexity index is 54.0. The predicted molar refractivity (Wildman–Crippen MR) is 36.7 cm³/mol. The third-order valence-electron chi connectivity index (χ3n) is 0.682. The van der Waals surface area contributed by atoms with Crippen molar-refractivity contribution in [2.75, 3.05) is 19.5 Å². The second-order valence-corrected chi connectivity index (χ2v) is 1.75. The summed E-state index contributed by atoms with van der Waals surface area (Å²) >= 11 is 4.03. The third kappa shape index (κ3) is 3.89. The molecule has 0 aliphatic carbocycles. The van der Waals surface area contributed by atoms with E-state index in [0.717, 1.165) is 12.4 Å². The summed E-state index contributed by atoms with van der Waals surface area (Å²) in [6, 6.07) is 0. The van der Waals surface area contributed by atoms with Gasteiger partial charge in [0.05, 0.1) is 0 Å². The van der Waals surface area contributed by atoms with Crippen LogP contribution >= 0.6 is 12.6 Å². The lowest BCUT2D eigenvalue weighted by Gasteiger charge is -2.07. The molecule has 2 heteroatoms. The second kappa shape index (κ2) is 4.22. The highest BCUT2D eigenvalue weighted by Gasteiger charge is 1.84. The van der Waals surface area contributed by atoms with E-state index in [0.29, 0.717) is 0 Å². The lowest BCUT2D eigenvalue weighted by Crippen LogP contribution is -2.15. The largest absolute Gasteiger partial charge is 0.294 e. The van der Waals surface area contributed by atoms with Crippen molar-refractivity contribution in [3.8, 4) is 0 Å². The molecule has 0 spiro atoms. The highest BCUT2D eigenvalue weighted by molar-refractivity contribution is 7.80. The van der Waals surface area contributed by atoms with Gasteiger partial charge in [0, 0.05) is 12.4 Å². The van der Waals surface area contributed by atoms with Crippen LogP contribution in [0.4, 0.5) is 0 Å². The molecule has 0 aromatic rings. The minimum atomic E-state index is 0.798. The molecule has 0 fully saturated rings. The van der Waals surface area contributed by atoms with Gasteiger partial charge >= 0.3 is 0 Å². The minimum Gasteiger partial charge on any atom is -0.294 e. The molecule has 0 atom stereocenters. The van der Waals surface area contributed by atoms with Gasteiger partial charge in [-0.05, 0) is 7.05 Å². The standard InChI is InChI=1S/C5H11NS/c1-3-4-6(2)5-7/h3,7H,1,4-5H2,2H3. The Morgan fingerprint density at radius 1 is 1.86 bits per heavy atom. The summed E-state index contributed by atoms with van der Waals surface area (Å²) < 4.78 is 0. The number of hydrogen-bond acceptors (Lipinski definition) is 2. The van der Waals surface area contributed by atoms with Crippen molar-refractivity contribution < 1.29 is 0 Å². The highest BCUT2D eigenvalue weighted by atomic mass is 32.1. The highest BCUT2D eigenvalue weighted by Crippen LogP contribution is 1.82. The third-order valence-corrected chi connectivity index (χ3v) is 1.17. The van der Waals surface area contributed by atoms with E-state index in [1.165, 1.54) is 0 Å². The maximum absolute atomic E-state index is 4.03. The second-order valence-electron chi connectivity index (χ2n) is 1.47. The van der Waals surface area contributed by atoms with Gasteiger partial charge in [-0.2, -0.15) is 12.6 Å². The first-order chi connectivity index (χ1) is 3.31. The number of likely N-dealkylation sites (N-methyl/N-ethyl adjacent to an activating group) is 1. The fourth-order valence-electron chi connectivity index (χ4n) is 0.278. The first kappa shape index (κ1) is 7.05. The van der Waals surface area contributed by atoms with Crippen molar-refractivity contribution in [1.29, 1.82) is 0 Å². The van der Waals surface area contributed by atoms with E-state index in [1.54, 1.807) is 0 Å². The van der Waals surface area contributed by atoms with Gasteiger partial charge in [0.15, 0.2) is 0 Å². The molecule has 0 rings (SSSR count). The molecule has 42 valence electrons. The fraction of sp³-hybridized carbons (Fsp3) is 0.600. The van der Waals surface area contributed by atoms with E-state index in [4.69, 9.17) is 0 Å². The number of nitrogens with zero attached hydrogens (tertiary/aromatic N) is 1. The molecule has 0 saturated carbocycles. The zero-order valence-corrected chi connectivity index (χ0v) is 5.49. The molecule has 7 heavy (non-hydrogen) atoms. The molecule has 0 aromatic carbocycles. The van der Waals surface area contributed by atoms with E-state index in [-0.39, 0.29) is 0 Å². The van der Waals surface area contributed by atoms with Crippen LogP contribution in [0, 0.1) is 0 Å². The zero-order valence-electron chi connectivity index (χ0n) is 4.59. The molecule has 0 N–H and O–H groups in total. The van der Waals surface area contributed by atoms with Crippen molar-refractivity contribution in [3.05, 3.63) is 12.7 Å². The summed E-state index contributed by atoms with van der Waals surface area (Å²) in [6.07, 6.45) is 1.86. The molecule has 1 nitrogen and oxygen atoms in total. The average molecular weight is 117 g/mol. The van der Waals surface area contributed by atoms with Crippen molar-refractivity contribution in [3.63, 3.8) is 0 Å². The molecule has 0 unspecified atom stereocenters.